The fraction of sp³-hybridized carbons (Fsp3) is 0.412. The van der Waals surface area contributed by atoms with Gasteiger partial charge in [-0.1, -0.05) is 19.6 Å². The van der Waals surface area contributed by atoms with Crippen molar-refractivity contribution in [2.75, 3.05) is 30.4 Å². The van der Waals surface area contributed by atoms with E-state index < -0.39 is 11.6 Å². The van der Waals surface area contributed by atoms with E-state index in [0.717, 1.165) is 47.4 Å². The third-order valence-electron chi connectivity index (χ3n) is 8.61. The zero-order chi connectivity index (χ0) is 31.5. The number of carbonyl (C=O) groups excluding carboxylic acids is 1. The topological polar surface area (TPSA) is 89.5 Å². The summed E-state index contributed by atoms with van der Waals surface area (Å²) in [6.07, 6.45) is 6.05. The van der Waals surface area contributed by atoms with Crippen molar-refractivity contribution < 1.29 is 13.6 Å². The first-order chi connectivity index (χ1) is 21.0. The lowest BCUT2D eigenvalue weighted by molar-refractivity contribution is -0.129. The van der Waals surface area contributed by atoms with Crippen molar-refractivity contribution in [3.05, 3.63) is 88.7 Å². The van der Waals surface area contributed by atoms with Gasteiger partial charge in [0.2, 0.25) is 5.91 Å². The Morgan fingerprint density at radius 2 is 1.82 bits per heavy atom. The van der Waals surface area contributed by atoms with Gasteiger partial charge in [0.05, 0.1) is 5.69 Å². The number of aromatic amines is 1. The maximum atomic E-state index is 15.6. The molecule has 1 aliphatic carbocycles. The molecule has 1 aromatic carbocycles. The molecule has 0 unspecified atom stereocenters. The van der Waals surface area contributed by atoms with Gasteiger partial charge < -0.3 is 15.1 Å². The number of carbonyl (C=O) groups is 1. The van der Waals surface area contributed by atoms with Gasteiger partial charge >= 0.3 is 0 Å². The number of aryl methyl sites for hydroxylation is 2. The third-order valence-corrected chi connectivity index (χ3v) is 8.61. The van der Waals surface area contributed by atoms with Gasteiger partial charge in [-0.15, -0.1) is 0 Å². The molecule has 0 spiro atoms. The molecule has 44 heavy (non-hydrogen) atoms. The smallest absolute Gasteiger partial charge is 0.219 e. The number of allylic oxidation sites excluding steroid dienone is 2. The first-order valence-corrected chi connectivity index (χ1v) is 15.3. The summed E-state index contributed by atoms with van der Waals surface area (Å²) in [4.78, 5) is 24.5. The Hall–Kier alpha value is -4.34. The number of amidine groups is 1. The summed E-state index contributed by atoms with van der Waals surface area (Å²) >= 11 is 0. The Morgan fingerprint density at radius 1 is 1.14 bits per heavy atom. The molecule has 0 bridgehead atoms. The first-order valence-electron chi connectivity index (χ1n) is 15.3. The van der Waals surface area contributed by atoms with Crippen LogP contribution in [0.4, 0.5) is 20.3 Å². The number of aromatic nitrogens is 3. The second kappa shape index (κ2) is 13.1. The average Bonchev–Trinajstić information content (AvgIpc) is 3.76. The van der Waals surface area contributed by atoms with E-state index >= 15 is 8.78 Å². The number of piperidine rings is 1. The molecule has 3 aromatic rings. The Morgan fingerprint density at radius 3 is 2.34 bits per heavy atom. The summed E-state index contributed by atoms with van der Waals surface area (Å²) in [5, 5.41) is 10.6. The standard InChI is InChI=1S/C34H41F2N7O/c1-7-24-8-11-30(37-19-24)21(3)32(26-9-10-26)34(39-31-16-20(2)40-41-31)38-22(4)42(6)33-28(35)17-27(18-29(33)36)25-12-14-43(15-13-25)23(5)44/h8,11,16-19,25-26H,3,7,9-10,12-15H2,1-2,4-6H3,(H2,39,40,41)/b34-32-,38-22+. The van der Waals surface area contributed by atoms with Gasteiger partial charge in [0.15, 0.2) is 5.82 Å². The largest absolute Gasteiger partial charge is 0.343 e. The molecule has 1 saturated carbocycles. The molecule has 2 aliphatic rings. The van der Waals surface area contributed by atoms with E-state index in [2.05, 4.69) is 34.0 Å². The molecule has 8 nitrogen and oxygen atoms in total. The van der Waals surface area contributed by atoms with Gasteiger partial charge in [0, 0.05) is 56.2 Å². The summed E-state index contributed by atoms with van der Waals surface area (Å²) in [7, 11) is 1.61. The van der Waals surface area contributed by atoms with Gasteiger partial charge in [-0.3, -0.25) is 14.9 Å². The minimum atomic E-state index is -0.653. The molecule has 10 heteroatoms. The van der Waals surface area contributed by atoms with Crippen LogP contribution in [0.15, 0.2) is 59.5 Å². The van der Waals surface area contributed by atoms with Gasteiger partial charge in [-0.2, -0.15) is 5.10 Å². The third kappa shape index (κ3) is 6.90. The number of likely N-dealkylation sites (tertiary alicyclic amines) is 1. The van der Waals surface area contributed by atoms with Gasteiger partial charge in [0.1, 0.15) is 29.0 Å². The van der Waals surface area contributed by atoms with Crippen LogP contribution in [0, 0.1) is 24.5 Å². The van der Waals surface area contributed by atoms with Crippen LogP contribution in [-0.2, 0) is 11.2 Å². The van der Waals surface area contributed by atoms with E-state index in [-0.39, 0.29) is 23.4 Å². The monoisotopic (exact) mass is 601 g/mol. The van der Waals surface area contributed by atoms with E-state index in [1.807, 2.05) is 31.3 Å². The number of nitrogens with one attached hydrogen (secondary N) is 2. The lowest BCUT2D eigenvalue weighted by atomic mass is 9.89. The minimum absolute atomic E-state index is 0.00752. The molecule has 1 aliphatic heterocycles. The summed E-state index contributed by atoms with van der Waals surface area (Å²) in [6.45, 7) is 12.8. The highest BCUT2D eigenvalue weighted by molar-refractivity contribution is 5.97. The fourth-order valence-corrected chi connectivity index (χ4v) is 5.73. The molecule has 3 heterocycles. The van der Waals surface area contributed by atoms with Crippen LogP contribution in [-0.4, -0.2) is 52.0 Å². The molecule has 0 atom stereocenters. The van der Waals surface area contributed by atoms with Crippen LogP contribution in [0.1, 0.15) is 74.9 Å². The quantitative estimate of drug-likeness (QED) is 0.157. The predicted molar refractivity (Wildman–Crippen MR) is 171 cm³/mol. The van der Waals surface area contributed by atoms with Crippen molar-refractivity contribution >= 4 is 28.8 Å². The van der Waals surface area contributed by atoms with Crippen molar-refractivity contribution in [2.45, 2.75) is 65.7 Å². The van der Waals surface area contributed by atoms with Crippen LogP contribution in [0.2, 0.25) is 0 Å². The predicted octanol–water partition coefficient (Wildman–Crippen LogP) is 6.98. The number of pyridine rings is 1. The van der Waals surface area contributed by atoms with Gasteiger partial charge in [-0.25, -0.2) is 13.8 Å². The summed E-state index contributed by atoms with van der Waals surface area (Å²) < 4.78 is 31.2. The molecule has 2 N–H and O–H groups in total. The SMILES string of the molecule is C=C(/C(=C(\N=C(/C)N(C)c1c(F)cc(C2CCN(C(C)=O)CC2)cc1F)Nc1cc(C)[nH]n1)C1CC1)c1ccc(CC)cn1. The fourth-order valence-electron chi connectivity index (χ4n) is 5.73. The van der Waals surface area contributed by atoms with Crippen LogP contribution < -0.4 is 10.2 Å². The number of nitrogens with zero attached hydrogens (tertiary/aromatic N) is 5. The summed E-state index contributed by atoms with van der Waals surface area (Å²) in [5.74, 6) is 0.420. The van der Waals surface area contributed by atoms with E-state index in [1.54, 1.807) is 25.8 Å². The number of rotatable bonds is 9. The number of H-pyrrole nitrogens is 1. The first kappa shape index (κ1) is 31.1. The zero-order valence-electron chi connectivity index (χ0n) is 26.2. The van der Waals surface area contributed by atoms with Crippen molar-refractivity contribution in [1.29, 1.82) is 0 Å². The highest BCUT2D eigenvalue weighted by Crippen LogP contribution is 2.44. The number of anilines is 2. The highest BCUT2D eigenvalue weighted by atomic mass is 19.1. The second-order valence-corrected chi connectivity index (χ2v) is 11.8. The maximum Gasteiger partial charge on any atom is 0.219 e. The Balaban J connectivity index is 1.48. The van der Waals surface area contributed by atoms with Crippen LogP contribution in [0.5, 0.6) is 0 Å². The molecule has 1 saturated heterocycles. The zero-order valence-corrected chi connectivity index (χ0v) is 26.2. The van der Waals surface area contributed by atoms with E-state index in [0.29, 0.717) is 49.0 Å². The second-order valence-electron chi connectivity index (χ2n) is 11.8. The molecule has 0 radical (unpaired) electrons. The molecular formula is C34H41F2N7O. The number of hydrogen-bond donors (Lipinski definition) is 2. The van der Waals surface area contributed by atoms with Crippen LogP contribution in [0.25, 0.3) is 5.57 Å². The highest BCUT2D eigenvalue weighted by Gasteiger charge is 2.32. The van der Waals surface area contributed by atoms with Crippen LogP contribution in [0.3, 0.4) is 0 Å². The molecule has 1 amide bonds. The molecule has 5 rings (SSSR count). The summed E-state index contributed by atoms with van der Waals surface area (Å²) in [5.41, 5.74) is 4.87. The number of amides is 1. The molecule has 2 fully saturated rings. The van der Waals surface area contributed by atoms with Crippen molar-refractivity contribution in [1.82, 2.24) is 20.1 Å². The van der Waals surface area contributed by atoms with Crippen LogP contribution >= 0.6 is 0 Å². The van der Waals surface area contributed by atoms with E-state index in [4.69, 9.17) is 4.99 Å². The van der Waals surface area contributed by atoms with Gasteiger partial charge in [0.25, 0.3) is 0 Å². The minimum Gasteiger partial charge on any atom is -0.343 e. The Labute approximate surface area is 258 Å². The van der Waals surface area contributed by atoms with Crippen molar-refractivity contribution in [3.8, 4) is 0 Å². The number of halogens is 2. The van der Waals surface area contributed by atoms with Gasteiger partial charge in [-0.05, 0) is 87.1 Å². The summed E-state index contributed by atoms with van der Waals surface area (Å²) in [6, 6.07) is 8.72. The maximum absolute atomic E-state index is 15.6. The molecule has 2 aromatic heterocycles. The van der Waals surface area contributed by atoms with Crippen molar-refractivity contribution in [3.63, 3.8) is 0 Å². The Kier molecular flexibility index (Phi) is 9.27. The average molecular weight is 602 g/mol. The van der Waals surface area contributed by atoms with E-state index in [9.17, 15) is 4.79 Å². The van der Waals surface area contributed by atoms with E-state index in [1.165, 1.54) is 17.0 Å². The molecular weight excluding hydrogens is 560 g/mol. The number of hydrogen-bond acceptors (Lipinski definition) is 5. The number of benzene rings is 1. The Bertz CT molecular complexity index is 1570. The number of aliphatic imine (C=N–C) groups is 1. The normalized spacial score (nSPS) is 16.5. The van der Waals surface area contributed by atoms with Crippen molar-refractivity contribution in [2.24, 2.45) is 10.9 Å². The lowest BCUT2D eigenvalue weighted by Gasteiger charge is -2.32. The lowest BCUT2D eigenvalue weighted by Crippen LogP contribution is -2.36. The molecule has 232 valence electrons.